The van der Waals surface area contributed by atoms with Gasteiger partial charge in [-0.15, -0.1) is 0 Å². The van der Waals surface area contributed by atoms with Crippen LogP contribution in [0.4, 0.5) is 5.82 Å². The predicted octanol–water partition coefficient (Wildman–Crippen LogP) is 3.12. The Kier molecular flexibility index (Phi) is 4.82. The number of nitrogens with one attached hydrogen (secondary N) is 2. The largest absolute Gasteiger partial charge is 0.360 e. The molecule has 0 saturated heterocycles. The van der Waals surface area contributed by atoms with Crippen LogP contribution >= 0.6 is 0 Å². The molecule has 1 aromatic carbocycles. The predicted molar refractivity (Wildman–Crippen MR) is 107 cm³/mol. The Morgan fingerprint density at radius 2 is 1.86 bits per heavy atom. The summed E-state index contributed by atoms with van der Waals surface area (Å²) in [5.74, 6) is 0.151. The minimum atomic E-state index is -0.473. The summed E-state index contributed by atoms with van der Waals surface area (Å²) in [7, 11) is 0. The monoisotopic (exact) mass is 389 g/mol. The summed E-state index contributed by atoms with van der Waals surface area (Å²) in [5.41, 5.74) is 2.78. The van der Waals surface area contributed by atoms with E-state index in [2.05, 4.69) is 20.8 Å². The number of imidazole rings is 1. The molecule has 0 atom stereocenters. The van der Waals surface area contributed by atoms with E-state index in [-0.39, 0.29) is 23.2 Å². The van der Waals surface area contributed by atoms with Gasteiger partial charge in [-0.05, 0) is 31.5 Å². The van der Waals surface area contributed by atoms with Crippen LogP contribution in [-0.2, 0) is 6.54 Å². The average molecular weight is 389 g/mol. The highest BCUT2D eigenvalue weighted by Gasteiger charge is 2.22. The fourth-order valence-corrected chi connectivity index (χ4v) is 2.93. The molecule has 0 unspecified atom stereocenters. The topological polar surface area (TPSA) is 102 Å². The number of carbonyl (C=O) groups excluding carboxylic acids is 2. The van der Waals surface area contributed by atoms with Crippen molar-refractivity contribution < 1.29 is 14.1 Å². The van der Waals surface area contributed by atoms with Crippen LogP contribution in [0.5, 0.6) is 0 Å². The first-order valence-corrected chi connectivity index (χ1v) is 9.07. The molecule has 29 heavy (non-hydrogen) atoms. The Labute approximate surface area is 166 Å². The molecule has 4 aromatic rings. The number of hydrogen-bond donors (Lipinski definition) is 2. The summed E-state index contributed by atoms with van der Waals surface area (Å²) in [5, 5.41) is 9.24. The lowest BCUT2D eigenvalue weighted by atomic mass is 10.1. The number of benzene rings is 1. The molecule has 0 aliphatic carbocycles. The van der Waals surface area contributed by atoms with E-state index in [0.717, 1.165) is 11.1 Å². The van der Waals surface area contributed by atoms with Crippen molar-refractivity contribution in [2.45, 2.75) is 20.4 Å². The highest BCUT2D eigenvalue weighted by atomic mass is 16.5. The van der Waals surface area contributed by atoms with Crippen LogP contribution in [0.15, 0.2) is 59.3 Å². The van der Waals surface area contributed by atoms with Gasteiger partial charge in [0, 0.05) is 18.8 Å². The van der Waals surface area contributed by atoms with Gasteiger partial charge in [0.1, 0.15) is 5.76 Å². The zero-order valence-corrected chi connectivity index (χ0v) is 16.0. The molecular weight excluding hydrogens is 370 g/mol. The van der Waals surface area contributed by atoms with Gasteiger partial charge in [-0.2, -0.15) is 0 Å². The Morgan fingerprint density at radius 3 is 2.59 bits per heavy atom. The van der Waals surface area contributed by atoms with E-state index in [1.165, 1.54) is 0 Å². The van der Waals surface area contributed by atoms with Crippen molar-refractivity contribution in [2.75, 3.05) is 5.32 Å². The number of amides is 2. The molecule has 0 aliphatic heterocycles. The van der Waals surface area contributed by atoms with Crippen molar-refractivity contribution >= 4 is 23.1 Å². The van der Waals surface area contributed by atoms with Crippen molar-refractivity contribution in [3.63, 3.8) is 0 Å². The van der Waals surface area contributed by atoms with Gasteiger partial charge in [-0.3, -0.25) is 14.0 Å². The fraction of sp³-hybridized carbons (Fsp3) is 0.143. The molecule has 0 bridgehead atoms. The van der Waals surface area contributed by atoms with Crippen molar-refractivity contribution in [1.82, 2.24) is 19.9 Å². The van der Waals surface area contributed by atoms with Crippen LogP contribution in [0.25, 0.3) is 5.52 Å². The lowest BCUT2D eigenvalue weighted by Gasteiger charge is -2.05. The second-order valence-corrected chi connectivity index (χ2v) is 6.69. The normalized spacial score (nSPS) is 10.8. The summed E-state index contributed by atoms with van der Waals surface area (Å²) in [4.78, 5) is 29.7. The third-order valence-electron chi connectivity index (χ3n) is 4.41. The maximum Gasteiger partial charge on any atom is 0.287 e. The van der Waals surface area contributed by atoms with Gasteiger partial charge in [0.25, 0.3) is 11.8 Å². The highest BCUT2D eigenvalue weighted by molar-refractivity contribution is 6.08. The maximum absolute atomic E-state index is 12.7. The van der Waals surface area contributed by atoms with Gasteiger partial charge >= 0.3 is 0 Å². The molecule has 2 amide bonds. The Hall–Kier alpha value is -3.94. The lowest BCUT2D eigenvalue weighted by Crippen LogP contribution is -2.25. The van der Waals surface area contributed by atoms with Gasteiger partial charge < -0.3 is 15.2 Å². The van der Waals surface area contributed by atoms with E-state index in [1.807, 2.05) is 31.2 Å². The van der Waals surface area contributed by atoms with E-state index in [4.69, 9.17) is 4.52 Å². The molecule has 4 rings (SSSR count). The molecule has 8 nitrogen and oxygen atoms in total. The molecule has 0 radical (unpaired) electrons. The number of hydrogen-bond acceptors (Lipinski definition) is 5. The maximum atomic E-state index is 12.7. The molecule has 3 aromatic heterocycles. The number of aromatic nitrogens is 3. The molecule has 0 saturated carbocycles. The lowest BCUT2D eigenvalue weighted by molar-refractivity contribution is 0.0940. The van der Waals surface area contributed by atoms with Crippen molar-refractivity contribution in [3.05, 3.63) is 83.1 Å². The number of aryl methyl sites for hydroxylation is 2. The first kappa shape index (κ1) is 18.4. The van der Waals surface area contributed by atoms with Crippen LogP contribution < -0.4 is 10.6 Å². The summed E-state index contributed by atoms with van der Waals surface area (Å²) in [6.45, 7) is 4.09. The molecule has 146 valence electrons. The van der Waals surface area contributed by atoms with Gasteiger partial charge in [0.05, 0.1) is 5.52 Å². The van der Waals surface area contributed by atoms with E-state index >= 15 is 0 Å². The number of anilines is 1. The van der Waals surface area contributed by atoms with Crippen LogP contribution in [0.1, 0.15) is 38.0 Å². The number of rotatable bonds is 5. The fourth-order valence-electron chi connectivity index (χ4n) is 2.93. The second kappa shape index (κ2) is 7.59. The number of pyridine rings is 1. The van der Waals surface area contributed by atoms with Gasteiger partial charge in [0.2, 0.25) is 5.82 Å². The molecular formula is C21H19N5O3. The van der Waals surface area contributed by atoms with Gasteiger partial charge in [-0.1, -0.05) is 41.1 Å². The summed E-state index contributed by atoms with van der Waals surface area (Å²) in [6.07, 6.45) is 1.69. The molecule has 0 aliphatic rings. The third-order valence-corrected chi connectivity index (χ3v) is 4.41. The second-order valence-electron chi connectivity index (χ2n) is 6.69. The van der Waals surface area contributed by atoms with Crippen LogP contribution in [0, 0.1) is 13.8 Å². The standard InChI is InChI=1S/C21H19N5O3/c1-13-6-8-15(9-7-13)12-22-21(28)19-24-18(16-5-3-4-10-26(16)19)20(27)23-17-11-14(2)29-25-17/h3-11H,12H2,1-2H3,(H,22,28)(H,23,25,27). The highest BCUT2D eigenvalue weighted by Crippen LogP contribution is 2.16. The van der Waals surface area contributed by atoms with Gasteiger partial charge in [-0.25, -0.2) is 4.98 Å². The van der Waals surface area contributed by atoms with E-state index in [0.29, 0.717) is 17.8 Å². The molecule has 2 N–H and O–H groups in total. The zero-order chi connectivity index (χ0) is 20.4. The van der Waals surface area contributed by atoms with Crippen molar-refractivity contribution in [1.29, 1.82) is 0 Å². The van der Waals surface area contributed by atoms with Crippen LogP contribution in [-0.4, -0.2) is 26.4 Å². The third kappa shape index (κ3) is 3.86. The minimum absolute atomic E-state index is 0.131. The minimum Gasteiger partial charge on any atom is -0.360 e. The van der Waals surface area contributed by atoms with E-state index in [1.54, 1.807) is 41.8 Å². The number of nitrogens with zero attached hydrogens (tertiary/aromatic N) is 3. The smallest absolute Gasteiger partial charge is 0.287 e. The average Bonchev–Trinajstić information content (AvgIpc) is 3.31. The summed E-state index contributed by atoms with van der Waals surface area (Å²) in [6, 6.07) is 14.8. The number of carbonyl (C=O) groups is 2. The Morgan fingerprint density at radius 1 is 1.07 bits per heavy atom. The SMILES string of the molecule is Cc1ccc(CNC(=O)c2nc(C(=O)Nc3cc(C)on3)c3ccccn23)cc1. The van der Waals surface area contributed by atoms with Gasteiger partial charge in [0.15, 0.2) is 11.5 Å². The summed E-state index contributed by atoms with van der Waals surface area (Å²) >= 11 is 0. The van der Waals surface area contributed by atoms with Crippen LogP contribution in [0.3, 0.4) is 0 Å². The Bertz CT molecular complexity index is 1190. The molecule has 0 spiro atoms. The van der Waals surface area contributed by atoms with E-state index in [9.17, 15) is 9.59 Å². The van der Waals surface area contributed by atoms with Crippen molar-refractivity contribution in [2.24, 2.45) is 0 Å². The van der Waals surface area contributed by atoms with Crippen LogP contribution in [0.2, 0.25) is 0 Å². The van der Waals surface area contributed by atoms with Crippen molar-refractivity contribution in [3.8, 4) is 0 Å². The first-order valence-electron chi connectivity index (χ1n) is 9.07. The Balaban J connectivity index is 1.58. The number of fused-ring (bicyclic) bond motifs is 1. The summed E-state index contributed by atoms with van der Waals surface area (Å²) < 4.78 is 6.55. The zero-order valence-electron chi connectivity index (χ0n) is 16.0. The quantitative estimate of drug-likeness (QED) is 0.546. The first-order chi connectivity index (χ1) is 14.0. The molecule has 0 fully saturated rings. The van der Waals surface area contributed by atoms with E-state index < -0.39 is 5.91 Å². The molecule has 8 heteroatoms. The molecule has 3 heterocycles.